The standard InChI is InChI=1S/C7H14N2O3S/c1-12-6-3-7-13(10,11)9-5-2-4-8/h9H,2-3,5-7H2,1H3. The first-order valence-corrected chi connectivity index (χ1v) is 5.61. The summed E-state index contributed by atoms with van der Waals surface area (Å²) in [6, 6.07) is 1.86. The number of hydrogen-bond acceptors (Lipinski definition) is 4. The van der Waals surface area contributed by atoms with Gasteiger partial charge in [-0.15, -0.1) is 0 Å². The van der Waals surface area contributed by atoms with Gasteiger partial charge in [0.15, 0.2) is 0 Å². The molecule has 13 heavy (non-hydrogen) atoms. The third-order valence-electron chi connectivity index (χ3n) is 1.32. The van der Waals surface area contributed by atoms with Crippen LogP contribution in [0.2, 0.25) is 0 Å². The molecule has 6 heteroatoms. The Labute approximate surface area is 78.7 Å². The van der Waals surface area contributed by atoms with Crippen molar-refractivity contribution in [3.05, 3.63) is 0 Å². The van der Waals surface area contributed by atoms with Gasteiger partial charge in [-0.2, -0.15) is 5.26 Å². The van der Waals surface area contributed by atoms with Crippen LogP contribution in [-0.4, -0.2) is 34.4 Å². The molecular formula is C7H14N2O3S. The number of hydrogen-bond donors (Lipinski definition) is 1. The lowest BCUT2D eigenvalue weighted by atomic mass is 10.5. The molecule has 76 valence electrons. The van der Waals surface area contributed by atoms with E-state index in [1.807, 2.05) is 6.07 Å². The second-order valence-corrected chi connectivity index (χ2v) is 4.39. The minimum Gasteiger partial charge on any atom is -0.385 e. The molecule has 0 saturated carbocycles. The van der Waals surface area contributed by atoms with Gasteiger partial charge in [0.25, 0.3) is 0 Å². The topological polar surface area (TPSA) is 79.2 Å². The van der Waals surface area contributed by atoms with E-state index >= 15 is 0 Å². The fraction of sp³-hybridized carbons (Fsp3) is 0.857. The van der Waals surface area contributed by atoms with Crippen molar-refractivity contribution < 1.29 is 13.2 Å². The van der Waals surface area contributed by atoms with E-state index in [1.165, 1.54) is 7.11 Å². The van der Waals surface area contributed by atoms with Gasteiger partial charge in [-0.05, 0) is 6.42 Å². The maximum atomic E-state index is 11.1. The van der Waals surface area contributed by atoms with Crippen LogP contribution < -0.4 is 4.72 Å². The average molecular weight is 206 g/mol. The van der Waals surface area contributed by atoms with Crippen molar-refractivity contribution in [2.24, 2.45) is 0 Å². The van der Waals surface area contributed by atoms with Gasteiger partial charge in [0, 0.05) is 26.7 Å². The monoisotopic (exact) mass is 206 g/mol. The average Bonchev–Trinajstić information content (AvgIpc) is 2.05. The maximum Gasteiger partial charge on any atom is 0.211 e. The van der Waals surface area contributed by atoms with E-state index in [2.05, 4.69) is 4.72 Å². The minimum absolute atomic E-state index is 0.0479. The highest BCUT2D eigenvalue weighted by Gasteiger charge is 2.07. The van der Waals surface area contributed by atoms with Gasteiger partial charge in [-0.25, -0.2) is 13.1 Å². The SMILES string of the molecule is COCCCS(=O)(=O)NCCC#N. The van der Waals surface area contributed by atoms with Crippen molar-refractivity contribution in [1.82, 2.24) is 4.72 Å². The fourth-order valence-corrected chi connectivity index (χ4v) is 1.78. The maximum absolute atomic E-state index is 11.1. The third kappa shape index (κ3) is 7.71. The Morgan fingerprint density at radius 2 is 2.23 bits per heavy atom. The van der Waals surface area contributed by atoms with Crippen LogP contribution in [0.4, 0.5) is 0 Å². The van der Waals surface area contributed by atoms with Gasteiger partial charge in [0.1, 0.15) is 0 Å². The molecule has 0 fully saturated rings. The van der Waals surface area contributed by atoms with Crippen LogP contribution in [0.25, 0.3) is 0 Å². The Balaban J connectivity index is 3.63. The Bertz CT molecular complexity index is 255. The molecule has 1 N–H and O–H groups in total. The van der Waals surface area contributed by atoms with E-state index in [-0.39, 0.29) is 18.7 Å². The van der Waals surface area contributed by atoms with Crippen LogP contribution in [0.5, 0.6) is 0 Å². The van der Waals surface area contributed by atoms with Crippen molar-refractivity contribution in [1.29, 1.82) is 5.26 Å². The zero-order valence-electron chi connectivity index (χ0n) is 7.62. The van der Waals surface area contributed by atoms with E-state index in [4.69, 9.17) is 10.00 Å². The van der Waals surface area contributed by atoms with E-state index in [1.54, 1.807) is 0 Å². The van der Waals surface area contributed by atoms with Crippen molar-refractivity contribution in [3.63, 3.8) is 0 Å². The van der Waals surface area contributed by atoms with Crippen LogP contribution >= 0.6 is 0 Å². The number of nitriles is 1. The minimum atomic E-state index is -3.21. The van der Waals surface area contributed by atoms with E-state index in [9.17, 15) is 8.42 Å². The summed E-state index contributed by atoms with van der Waals surface area (Å²) in [6.07, 6.45) is 0.669. The molecule has 0 aliphatic carbocycles. The first-order valence-electron chi connectivity index (χ1n) is 3.95. The Hall–Kier alpha value is -0.640. The lowest BCUT2D eigenvalue weighted by Gasteiger charge is -2.03. The highest BCUT2D eigenvalue weighted by atomic mass is 32.2. The predicted molar refractivity (Wildman–Crippen MR) is 48.5 cm³/mol. The Morgan fingerprint density at radius 1 is 1.54 bits per heavy atom. The summed E-state index contributed by atoms with van der Waals surface area (Å²) in [6.45, 7) is 0.616. The van der Waals surface area contributed by atoms with Crippen molar-refractivity contribution >= 4 is 10.0 Å². The molecule has 0 saturated heterocycles. The molecule has 0 aliphatic rings. The van der Waals surface area contributed by atoms with Gasteiger partial charge < -0.3 is 4.74 Å². The highest BCUT2D eigenvalue weighted by molar-refractivity contribution is 7.89. The van der Waals surface area contributed by atoms with Crippen molar-refractivity contribution in [3.8, 4) is 6.07 Å². The molecule has 0 aliphatic heterocycles. The summed E-state index contributed by atoms with van der Waals surface area (Å²) in [4.78, 5) is 0. The summed E-state index contributed by atoms with van der Waals surface area (Å²) in [5.74, 6) is 0.0479. The largest absolute Gasteiger partial charge is 0.385 e. The van der Waals surface area contributed by atoms with Crippen molar-refractivity contribution in [2.45, 2.75) is 12.8 Å². The first-order chi connectivity index (χ1) is 6.12. The third-order valence-corrected chi connectivity index (χ3v) is 2.79. The lowest BCUT2D eigenvalue weighted by molar-refractivity contribution is 0.199. The zero-order valence-corrected chi connectivity index (χ0v) is 8.43. The van der Waals surface area contributed by atoms with E-state index in [0.29, 0.717) is 13.0 Å². The summed E-state index contributed by atoms with van der Waals surface area (Å²) in [5, 5.41) is 8.17. The van der Waals surface area contributed by atoms with Crippen LogP contribution in [0.1, 0.15) is 12.8 Å². The second kappa shape index (κ2) is 6.83. The second-order valence-electron chi connectivity index (χ2n) is 2.47. The molecule has 0 amide bonds. The number of nitrogens with one attached hydrogen (secondary N) is 1. The van der Waals surface area contributed by atoms with Crippen molar-refractivity contribution in [2.75, 3.05) is 26.0 Å². The molecule has 0 radical (unpaired) electrons. The lowest BCUT2D eigenvalue weighted by Crippen LogP contribution is -2.27. The normalized spacial score (nSPS) is 11.1. The summed E-state index contributed by atoms with van der Waals surface area (Å²) >= 11 is 0. The molecule has 0 bridgehead atoms. The first kappa shape index (κ1) is 12.4. The molecule has 0 aromatic rings. The number of ether oxygens (including phenoxy) is 1. The highest BCUT2D eigenvalue weighted by Crippen LogP contribution is 1.90. The fourth-order valence-electron chi connectivity index (χ4n) is 0.728. The van der Waals surface area contributed by atoms with Gasteiger partial charge >= 0.3 is 0 Å². The van der Waals surface area contributed by atoms with Crippen LogP contribution in [-0.2, 0) is 14.8 Å². The zero-order chi connectivity index (χ0) is 10.2. The molecule has 0 rings (SSSR count). The van der Waals surface area contributed by atoms with Crippen LogP contribution in [0.3, 0.4) is 0 Å². The van der Waals surface area contributed by atoms with E-state index < -0.39 is 10.0 Å². The molecule has 0 aromatic carbocycles. The van der Waals surface area contributed by atoms with Gasteiger partial charge in [-0.1, -0.05) is 0 Å². The molecule has 5 nitrogen and oxygen atoms in total. The Kier molecular flexibility index (Phi) is 6.49. The molecular weight excluding hydrogens is 192 g/mol. The number of rotatable bonds is 7. The smallest absolute Gasteiger partial charge is 0.211 e. The summed E-state index contributed by atoms with van der Waals surface area (Å²) in [5.41, 5.74) is 0. The van der Waals surface area contributed by atoms with Gasteiger partial charge in [-0.3, -0.25) is 0 Å². The van der Waals surface area contributed by atoms with Gasteiger partial charge in [0.2, 0.25) is 10.0 Å². The summed E-state index contributed by atoms with van der Waals surface area (Å²) in [7, 11) is -1.68. The number of methoxy groups -OCH3 is 1. The number of sulfonamides is 1. The molecule has 0 aromatic heterocycles. The molecule has 0 atom stereocenters. The predicted octanol–water partition coefficient (Wildman–Crippen LogP) is -0.144. The molecule has 0 unspecified atom stereocenters. The quantitative estimate of drug-likeness (QED) is 0.588. The molecule has 0 spiro atoms. The van der Waals surface area contributed by atoms with Crippen LogP contribution in [0.15, 0.2) is 0 Å². The number of nitrogens with zero attached hydrogens (tertiary/aromatic N) is 1. The van der Waals surface area contributed by atoms with Crippen LogP contribution in [0, 0.1) is 11.3 Å². The Morgan fingerprint density at radius 3 is 2.77 bits per heavy atom. The van der Waals surface area contributed by atoms with Gasteiger partial charge in [0.05, 0.1) is 11.8 Å². The van der Waals surface area contributed by atoms with E-state index in [0.717, 1.165) is 0 Å². The molecule has 0 heterocycles. The summed E-state index contributed by atoms with van der Waals surface area (Å²) < 4.78 is 29.2.